The van der Waals surface area contributed by atoms with Gasteiger partial charge in [0.15, 0.2) is 11.6 Å². The van der Waals surface area contributed by atoms with E-state index in [0.29, 0.717) is 31.6 Å². The van der Waals surface area contributed by atoms with Crippen LogP contribution in [0.1, 0.15) is 35.3 Å². The van der Waals surface area contributed by atoms with Crippen molar-refractivity contribution in [3.8, 4) is 16.9 Å². The van der Waals surface area contributed by atoms with Crippen LogP contribution in [0, 0.1) is 5.82 Å². The largest absolute Gasteiger partial charge is 0.494 e. The van der Waals surface area contributed by atoms with Gasteiger partial charge in [-0.25, -0.2) is 4.39 Å². The second kappa shape index (κ2) is 13.6. The predicted molar refractivity (Wildman–Crippen MR) is 159 cm³/mol. The fraction of sp³-hybridized carbons (Fsp3) is 0.455. The van der Waals surface area contributed by atoms with Crippen LogP contribution in [0.3, 0.4) is 0 Å². The molecule has 2 aliphatic rings. The molecule has 0 spiro atoms. The summed E-state index contributed by atoms with van der Waals surface area (Å²) in [5, 5.41) is 0. The summed E-state index contributed by atoms with van der Waals surface area (Å²) in [7, 11) is 1.39. The zero-order valence-electron chi connectivity index (χ0n) is 25.2. The molecule has 2 fully saturated rings. The van der Waals surface area contributed by atoms with Crippen LogP contribution in [0.2, 0.25) is 0 Å². The van der Waals surface area contributed by atoms with Gasteiger partial charge in [-0.3, -0.25) is 19.6 Å². The third-order valence-electron chi connectivity index (χ3n) is 8.26. The number of methoxy groups -OCH3 is 1. The lowest BCUT2D eigenvalue weighted by molar-refractivity contribution is -0.137. The molecule has 236 valence electrons. The Balaban J connectivity index is 1.41. The number of hydrogen-bond donors (Lipinski definition) is 0. The van der Waals surface area contributed by atoms with Gasteiger partial charge in [0.1, 0.15) is 0 Å². The topological polar surface area (TPSA) is 58.1 Å². The molecule has 0 aliphatic carbocycles. The first-order valence-electron chi connectivity index (χ1n) is 14.9. The summed E-state index contributed by atoms with van der Waals surface area (Å²) in [6, 6.07) is 11.0. The molecule has 0 radical (unpaired) electrons. The molecule has 5 rings (SSSR count). The van der Waals surface area contributed by atoms with Crippen molar-refractivity contribution in [2.45, 2.75) is 44.7 Å². The number of rotatable bonds is 8. The number of pyridine rings is 1. The zero-order chi connectivity index (χ0) is 31.4. The van der Waals surface area contributed by atoms with Gasteiger partial charge in [0, 0.05) is 69.8 Å². The molecule has 2 aromatic carbocycles. The van der Waals surface area contributed by atoms with Gasteiger partial charge in [-0.05, 0) is 79.4 Å². The van der Waals surface area contributed by atoms with Crippen molar-refractivity contribution in [3.05, 3.63) is 83.4 Å². The standard InChI is InChI=1S/C33H38F4N4O3/c1-22-19-40(20-23(2)44-22)11-10-39-12-13-41(29(21-39)14-24-4-5-30(34)31(15-24)43-3)32(42)27-16-26(25-6-8-38-9-7-25)17-28(18-27)33(35,36)37/h4-9,15-18,22-23,29H,10-14,19-21H2,1-3H3/t22?,23?,29-/m1/s1. The van der Waals surface area contributed by atoms with Crippen LogP contribution in [-0.4, -0.2) is 96.8 Å². The van der Waals surface area contributed by atoms with E-state index in [1.165, 1.54) is 31.6 Å². The molecule has 1 amide bonds. The van der Waals surface area contributed by atoms with E-state index in [-0.39, 0.29) is 35.1 Å². The molecule has 7 nitrogen and oxygen atoms in total. The lowest BCUT2D eigenvalue weighted by atomic mass is 9.97. The number of carbonyl (C=O) groups excluding carboxylic acids is 1. The second-order valence-corrected chi connectivity index (χ2v) is 11.7. The Kier molecular flexibility index (Phi) is 9.87. The van der Waals surface area contributed by atoms with Crippen molar-refractivity contribution in [3.63, 3.8) is 0 Å². The number of aromatic nitrogens is 1. The van der Waals surface area contributed by atoms with Crippen molar-refractivity contribution in [2.75, 3.05) is 52.9 Å². The molecule has 3 heterocycles. The first-order valence-corrected chi connectivity index (χ1v) is 14.9. The van der Waals surface area contributed by atoms with Gasteiger partial charge in [0.05, 0.1) is 24.9 Å². The zero-order valence-corrected chi connectivity index (χ0v) is 25.2. The Morgan fingerprint density at radius 3 is 2.32 bits per heavy atom. The highest BCUT2D eigenvalue weighted by Gasteiger charge is 2.35. The number of piperazine rings is 1. The molecule has 2 unspecified atom stereocenters. The summed E-state index contributed by atoms with van der Waals surface area (Å²) in [6.45, 7) is 8.89. The third kappa shape index (κ3) is 7.75. The Hall–Kier alpha value is -3.54. The third-order valence-corrected chi connectivity index (χ3v) is 8.26. The van der Waals surface area contributed by atoms with E-state index in [2.05, 4.69) is 28.6 Å². The number of halogens is 4. The monoisotopic (exact) mass is 614 g/mol. The summed E-state index contributed by atoms with van der Waals surface area (Å²) in [6.07, 6.45) is -0.933. The highest BCUT2D eigenvalue weighted by Crippen LogP contribution is 2.34. The number of benzene rings is 2. The predicted octanol–water partition coefficient (Wildman–Crippen LogP) is 5.39. The van der Waals surface area contributed by atoms with Crippen molar-refractivity contribution in [1.29, 1.82) is 0 Å². The van der Waals surface area contributed by atoms with Crippen molar-refractivity contribution >= 4 is 5.91 Å². The molecule has 2 saturated heterocycles. The minimum Gasteiger partial charge on any atom is -0.494 e. The molecular weight excluding hydrogens is 576 g/mol. The Morgan fingerprint density at radius 1 is 0.932 bits per heavy atom. The lowest BCUT2D eigenvalue weighted by Gasteiger charge is -2.43. The summed E-state index contributed by atoms with van der Waals surface area (Å²) in [5.41, 5.74) is 0.676. The van der Waals surface area contributed by atoms with Crippen LogP contribution in [0.5, 0.6) is 5.75 Å². The van der Waals surface area contributed by atoms with E-state index in [4.69, 9.17) is 9.47 Å². The van der Waals surface area contributed by atoms with Crippen LogP contribution in [0.15, 0.2) is 60.9 Å². The molecular formula is C33H38F4N4O3. The van der Waals surface area contributed by atoms with Crippen LogP contribution >= 0.6 is 0 Å². The van der Waals surface area contributed by atoms with Crippen LogP contribution in [0.25, 0.3) is 11.1 Å². The average Bonchev–Trinajstić information content (AvgIpc) is 3.00. The minimum absolute atomic E-state index is 0.0296. The SMILES string of the molecule is COc1cc(C[C@@H]2CN(CCN3CC(C)OC(C)C3)CCN2C(=O)c2cc(-c3ccncc3)cc(C(F)(F)F)c2)ccc1F. The van der Waals surface area contributed by atoms with E-state index in [9.17, 15) is 22.4 Å². The summed E-state index contributed by atoms with van der Waals surface area (Å²) in [4.78, 5) is 24.3. The number of ether oxygens (including phenoxy) is 2. The summed E-state index contributed by atoms with van der Waals surface area (Å²) in [5.74, 6) is -0.861. The number of hydrogen-bond acceptors (Lipinski definition) is 6. The van der Waals surface area contributed by atoms with Crippen LogP contribution in [-0.2, 0) is 17.3 Å². The van der Waals surface area contributed by atoms with Gasteiger partial charge in [0.25, 0.3) is 5.91 Å². The molecule has 44 heavy (non-hydrogen) atoms. The Bertz CT molecular complexity index is 1430. The second-order valence-electron chi connectivity index (χ2n) is 11.7. The molecule has 0 bridgehead atoms. The Morgan fingerprint density at radius 2 is 1.64 bits per heavy atom. The maximum Gasteiger partial charge on any atom is 0.416 e. The maximum atomic E-state index is 14.2. The number of alkyl halides is 3. The normalized spacial score (nSPS) is 21.8. The fourth-order valence-corrected chi connectivity index (χ4v) is 6.21. The van der Waals surface area contributed by atoms with E-state index in [0.717, 1.165) is 43.9 Å². The Labute approximate surface area is 255 Å². The number of nitrogens with zero attached hydrogens (tertiary/aromatic N) is 4. The average molecular weight is 615 g/mol. The number of morpholine rings is 1. The first-order chi connectivity index (χ1) is 21.0. The molecule has 3 atom stereocenters. The van der Waals surface area contributed by atoms with Gasteiger partial charge >= 0.3 is 6.18 Å². The van der Waals surface area contributed by atoms with Gasteiger partial charge in [-0.1, -0.05) is 6.07 Å². The highest BCUT2D eigenvalue weighted by atomic mass is 19.4. The maximum absolute atomic E-state index is 14.2. The van der Waals surface area contributed by atoms with Gasteiger partial charge in [0.2, 0.25) is 0 Å². The molecule has 1 aromatic heterocycles. The van der Waals surface area contributed by atoms with Gasteiger partial charge in [-0.15, -0.1) is 0 Å². The van der Waals surface area contributed by atoms with Crippen molar-refractivity contribution in [2.24, 2.45) is 0 Å². The lowest BCUT2D eigenvalue weighted by Crippen LogP contribution is -2.57. The van der Waals surface area contributed by atoms with Crippen LogP contribution in [0.4, 0.5) is 17.6 Å². The van der Waals surface area contributed by atoms with Crippen LogP contribution < -0.4 is 4.74 Å². The minimum atomic E-state index is -4.63. The van der Waals surface area contributed by atoms with E-state index >= 15 is 0 Å². The van der Waals surface area contributed by atoms with E-state index < -0.39 is 23.5 Å². The van der Waals surface area contributed by atoms with Gasteiger partial charge in [-0.2, -0.15) is 13.2 Å². The van der Waals surface area contributed by atoms with E-state index in [1.54, 1.807) is 29.2 Å². The quantitative estimate of drug-likeness (QED) is 0.317. The van der Waals surface area contributed by atoms with Crippen molar-refractivity contribution < 1.29 is 31.8 Å². The van der Waals surface area contributed by atoms with Crippen molar-refractivity contribution in [1.82, 2.24) is 19.7 Å². The number of amides is 1. The molecule has 11 heteroatoms. The summed E-state index contributed by atoms with van der Waals surface area (Å²) >= 11 is 0. The highest BCUT2D eigenvalue weighted by molar-refractivity contribution is 5.96. The molecule has 0 saturated carbocycles. The fourth-order valence-electron chi connectivity index (χ4n) is 6.21. The molecule has 0 N–H and O–H groups in total. The summed E-state index contributed by atoms with van der Waals surface area (Å²) < 4.78 is 67.1. The first kappa shape index (κ1) is 31.9. The molecule has 2 aliphatic heterocycles. The van der Waals surface area contributed by atoms with E-state index in [1.807, 2.05) is 0 Å². The number of carbonyl (C=O) groups is 1. The molecule has 3 aromatic rings. The van der Waals surface area contributed by atoms with Gasteiger partial charge < -0.3 is 14.4 Å². The smallest absolute Gasteiger partial charge is 0.416 e.